The molecule has 0 radical (unpaired) electrons. The highest BCUT2D eigenvalue weighted by atomic mass is 32.2. The summed E-state index contributed by atoms with van der Waals surface area (Å²) in [6, 6.07) is 7.80. The summed E-state index contributed by atoms with van der Waals surface area (Å²) >= 11 is 0. The molecule has 22 heavy (non-hydrogen) atoms. The number of rotatable bonds is 5. The van der Waals surface area contributed by atoms with E-state index in [-0.39, 0.29) is 17.1 Å². The summed E-state index contributed by atoms with van der Waals surface area (Å²) in [7, 11) is -3.13. The second kappa shape index (κ2) is 5.66. The molecule has 2 aliphatic rings. The van der Waals surface area contributed by atoms with Crippen LogP contribution in [0.3, 0.4) is 0 Å². The first-order valence-electron chi connectivity index (χ1n) is 7.77. The number of hydrogen-bond acceptors (Lipinski definition) is 3. The first kappa shape index (κ1) is 15.5. The summed E-state index contributed by atoms with van der Waals surface area (Å²) in [6.45, 7) is 4.87. The average molecular weight is 322 g/mol. The molecule has 1 heterocycles. The zero-order valence-corrected chi connectivity index (χ0v) is 13.8. The molecule has 1 N–H and O–H groups in total. The van der Waals surface area contributed by atoms with E-state index in [1.165, 1.54) is 9.87 Å². The van der Waals surface area contributed by atoms with E-state index < -0.39 is 10.0 Å². The zero-order valence-electron chi connectivity index (χ0n) is 13.0. The van der Waals surface area contributed by atoms with Crippen LogP contribution in [0.1, 0.15) is 38.2 Å². The predicted octanol–water partition coefficient (Wildman–Crippen LogP) is 2.17. The lowest BCUT2D eigenvalue weighted by Crippen LogP contribution is -2.55. The van der Waals surface area contributed by atoms with Gasteiger partial charge in [0.25, 0.3) is 0 Å². The molecule has 120 valence electrons. The van der Waals surface area contributed by atoms with E-state index in [1.807, 2.05) is 24.3 Å². The third-order valence-electron chi connectivity index (χ3n) is 4.37. The molecule has 1 amide bonds. The third kappa shape index (κ3) is 3.03. The van der Waals surface area contributed by atoms with Gasteiger partial charge in [0, 0.05) is 18.8 Å². The first-order chi connectivity index (χ1) is 10.4. The molecule has 0 atom stereocenters. The fraction of sp³-hybridized carbons (Fsp3) is 0.562. The highest BCUT2D eigenvalue weighted by Crippen LogP contribution is 2.34. The van der Waals surface area contributed by atoms with Crippen LogP contribution in [0.25, 0.3) is 0 Å². The molecule has 1 aromatic carbocycles. The fourth-order valence-electron chi connectivity index (χ4n) is 2.58. The van der Waals surface area contributed by atoms with Gasteiger partial charge in [-0.05, 0) is 36.5 Å². The summed E-state index contributed by atoms with van der Waals surface area (Å²) in [5.74, 6) is 0.121. The molecule has 1 saturated heterocycles. The number of carbonyl (C=O) groups is 1. The molecule has 5 nitrogen and oxygen atoms in total. The van der Waals surface area contributed by atoms with Crippen molar-refractivity contribution in [3.8, 4) is 0 Å². The van der Waals surface area contributed by atoms with Crippen molar-refractivity contribution in [1.29, 1.82) is 0 Å². The van der Waals surface area contributed by atoms with Crippen molar-refractivity contribution in [2.75, 3.05) is 18.4 Å². The van der Waals surface area contributed by atoms with Crippen molar-refractivity contribution in [3.63, 3.8) is 0 Å². The van der Waals surface area contributed by atoms with Gasteiger partial charge in [-0.3, -0.25) is 4.79 Å². The summed E-state index contributed by atoms with van der Waals surface area (Å²) in [6.07, 6.45) is 1.52. The zero-order chi connectivity index (χ0) is 15.9. The van der Waals surface area contributed by atoms with Crippen molar-refractivity contribution < 1.29 is 13.2 Å². The lowest BCUT2D eigenvalue weighted by atomic mass is 10.0. The maximum Gasteiger partial charge on any atom is 0.230 e. The number of benzene rings is 1. The van der Waals surface area contributed by atoms with E-state index in [4.69, 9.17) is 0 Å². The van der Waals surface area contributed by atoms with E-state index >= 15 is 0 Å². The number of carbonyl (C=O) groups excluding carboxylic acids is 1. The lowest BCUT2D eigenvalue weighted by molar-refractivity contribution is -0.122. The number of sulfonamides is 1. The molecular formula is C16H22N2O3S. The number of anilines is 1. The molecule has 0 spiro atoms. The average Bonchev–Trinajstić information content (AvgIpc) is 3.21. The van der Waals surface area contributed by atoms with Gasteiger partial charge in [-0.15, -0.1) is 0 Å². The Balaban J connectivity index is 1.53. The van der Waals surface area contributed by atoms with Crippen LogP contribution in [-0.4, -0.2) is 37.0 Å². The van der Waals surface area contributed by atoms with Gasteiger partial charge >= 0.3 is 0 Å². The van der Waals surface area contributed by atoms with Crippen LogP contribution in [0.15, 0.2) is 24.3 Å². The Hall–Kier alpha value is -1.40. The largest absolute Gasteiger partial charge is 0.326 e. The summed E-state index contributed by atoms with van der Waals surface area (Å²) < 4.78 is 25.4. The predicted molar refractivity (Wildman–Crippen MR) is 86.2 cm³/mol. The smallest absolute Gasteiger partial charge is 0.230 e. The maximum absolute atomic E-state index is 12.1. The van der Waals surface area contributed by atoms with Crippen molar-refractivity contribution >= 4 is 21.6 Å². The van der Waals surface area contributed by atoms with Crippen LogP contribution in [0, 0.1) is 5.92 Å². The molecular weight excluding hydrogens is 300 g/mol. The van der Waals surface area contributed by atoms with Gasteiger partial charge in [0.05, 0.1) is 11.2 Å². The number of hydrogen-bond donors (Lipinski definition) is 1. The minimum Gasteiger partial charge on any atom is -0.326 e. The van der Waals surface area contributed by atoms with Crippen LogP contribution < -0.4 is 5.32 Å². The maximum atomic E-state index is 12.1. The number of nitrogens with one attached hydrogen (secondary N) is 1. The van der Waals surface area contributed by atoms with E-state index in [9.17, 15) is 13.2 Å². The Morgan fingerprint density at radius 3 is 2.27 bits per heavy atom. The van der Waals surface area contributed by atoms with Gasteiger partial charge in [-0.1, -0.05) is 26.0 Å². The molecule has 0 unspecified atom stereocenters. The van der Waals surface area contributed by atoms with Crippen molar-refractivity contribution in [2.45, 2.75) is 37.9 Å². The van der Waals surface area contributed by atoms with Crippen LogP contribution in [-0.2, 0) is 14.8 Å². The standard InChI is InChI=1S/C16H22N2O3S/c1-11(2)12-3-5-14(6-4-12)17-16(19)13-9-18(10-13)22(20,21)15-7-8-15/h3-6,11,13,15H,7-10H2,1-2H3,(H,17,19). The topological polar surface area (TPSA) is 66.5 Å². The number of nitrogens with zero attached hydrogens (tertiary/aromatic N) is 1. The molecule has 0 bridgehead atoms. The first-order valence-corrected chi connectivity index (χ1v) is 9.28. The Labute approximate surface area is 131 Å². The monoisotopic (exact) mass is 322 g/mol. The molecule has 6 heteroatoms. The van der Waals surface area contributed by atoms with E-state index in [2.05, 4.69) is 19.2 Å². The van der Waals surface area contributed by atoms with Crippen molar-refractivity contribution in [1.82, 2.24) is 4.31 Å². The molecule has 1 aliphatic heterocycles. The van der Waals surface area contributed by atoms with E-state index in [0.29, 0.717) is 19.0 Å². The van der Waals surface area contributed by atoms with E-state index in [0.717, 1.165) is 18.5 Å². The van der Waals surface area contributed by atoms with Gasteiger partial charge in [0.2, 0.25) is 15.9 Å². The summed E-state index contributed by atoms with van der Waals surface area (Å²) in [5.41, 5.74) is 1.99. The highest BCUT2D eigenvalue weighted by Gasteiger charge is 2.46. The Morgan fingerprint density at radius 1 is 1.18 bits per heavy atom. The minimum absolute atomic E-state index is 0.0976. The minimum atomic E-state index is -3.13. The van der Waals surface area contributed by atoms with Gasteiger partial charge in [0.15, 0.2) is 0 Å². The molecule has 1 aromatic rings. The Kier molecular flexibility index (Phi) is 3.99. The fourth-order valence-corrected chi connectivity index (χ4v) is 4.51. The van der Waals surface area contributed by atoms with Crippen molar-refractivity contribution in [3.05, 3.63) is 29.8 Å². The van der Waals surface area contributed by atoms with Gasteiger partial charge in [-0.2, -0.15) is 4.31 Å². The van der Waals surface area contributed by atoms with Crippen molar-refractivity contribution in [2.24, 2.45) is 5.92 Å². The third-order valence-corrected chi connectivity index (χ3v) is 6.70. The SMILES string of the molecule is CC(C)c1ccc(NC(=O)C2CN(S(=O)(=O)C3CC3)C2)cc1. The van der Waals surface area contributed by atoms with Crippen LogP contribution in [0.4, 0.5) is 5.69 Å². The molecule has 1 saturated carbocycles. The lowest BCUT2D eigenvalue weighted by Gasteiger charge is -2.37. The van der Waals surface area contributed by atoms with Crippen LogP contribution in [0.2, 0.25) is 0 Å². The Bertz CT molecular complexity index is 657. The van der Waals surface area contributed by atoms with Gasteiger partial charge < -0.3 is 5.32 Å². The second-order valence-electron chi connectivity index (χ2n) is 6.52. The van der Waals surface area contributed by atoms with Gasteiger partial charge in [0.1, 0.15) is 0 Å². The normalized spacial score (nSPS) is 20.0. The molecule has 0 aromatic heterocycles. The van der Waals surface area contributed by atoms with Crippen LogP contribution in [0.5, 0.6) is 0 Å². The van der Waals surface area contributed by atoms with Crippen LogP contribution >= 0.6 is 0 Å². The Morgan fingerprint density at radius 2 is 1.77 bits per heavy atom. The van der Waals surface area contributed by atoms with E-state index in [1.54, 1.807) is 0 Å². The molecule has 3 rings (SSSR count). The summed E-state index contributed by atoms with van der Waals surface area (Å²) in [4.78, 5) is 12.1. The van der Waals surface area contributed by atoms with Gasteiger partial charge in [-0.25, -0.2) is 8.42 Å². The highest BCUT2D eigenvalue weighted by molar-refractivity contribution is 7.90. The molecule has 2 fully saturated rings. The second-order valence-corrected chi connectivity index (χ2v) is 8.74. The number of amides is 1. The quantitative estimate of drug-likeness (QED) is 0.903. The molecule has 1 aliphatic carbocycles. The summed E-state index contributed by atoms with van der Waals surface area (Å²) in [5, 5.41) is 2.67.